The van der Waals surface area contributed by atoms with E-state index in [4.69, 9.17) is 5.73 Å². The summed E-state index contributed by atoms with van der Waals surface area (Å²) in [6.07, 6.45) is -1.18. The first-order valence-corrected chi connectivity index (χ1v) is 12.0. The van der Waals surface area contributed by atoms with E-state index in [1.165, 1.54) is 28.8 Å². The first-order chi connectivity index (χ1) is 15.2. The molecule has 2 heterocycles. The number of benzene rings is 1. The Balaban J connectivity index is 1.97. The van der Waals surface area contributed by atoms with Crippen molar-refractivity contribution >= 4 is 34.6 Å². The predicted octanol–water partition coefficient (Wildman–Crippen LogP) is 6.10. The Hall–Kier alpha value is -2.70. The molecule has 4 rings (SSSR count). The second-order valence-corrected chi connectivity index (χ2v) is 10.00. The number of nitrogens with two attached hydrogens (primary N) is 1. The van der Waals surface area contributed by atoms with E-state index < -0.39 is 17.7 Å². The number of carbonyl (C=O) groups excluding carboxylic acids is 1. The highest BCUT2D eigenvalue weighted by Gasteiger charge is 2.42. The smallest absolute Gasteiger partial charge is 0.384 e. The van der Waals surface area contributed by atoms with Crippen LogP contribution in [0.3, 0.4) is 0 Å². The molecule has 0 saturated carbocycles. The summed E-state index contributed by atoms with van der Waals surface area (Å²) < 4.78 is 41.1. The van der Waals surface area contributed by atoms with Gasteiger partial charge >= 0.3 is 6.18 Å². The molecule has 9 heteroatoms. The summed E-state index contributed by atoms with van der Waals surface area (Å²) in [5.74, 6) is -0.636. The number of ketones is 1. The first-order valence-electron chi connectivity index (χ1n) is 9.95. The third-order valence-electron chi connectivity index (χ3n) is 5.69. The number of thioether (sulfide) groups is 1. The van der Waals surface area contributed by atoms with E-state index in [1.54, 1.807) is 11.3 Å². The van der Waals surface area contributed by atoms with Gasteiger partial charge in [-0.2, -0.15) is 18.4 Å². The fourth-order valence-corrected chi connectivity index (χ4v) is 6.30. The molecule has 4 nitrogen and oxygen atoms in total. The van der Waals surface area contributed by atoms with Gasteiger partial charge in [-0.3, -0.25) is 9.69 Å². The van der Waals surface area contributed by atoms with Gasteiger partial charge in [0.05, 0.1) is 27.3 Å². The Kier molecular flexibility index (Phi) is 5.86. The number of alkyl halides is 3. The van der Waals surface area contributed by atoms with Crippen molar-refractivity contribution in [2.75, 3.05) is 11.2 Å². The molecular weight excluding hydrogens is 455 g/mol. The number of hydrogen-bond acceptors (Lipinski definition) is 6. The van der Waals surface area contributed by atoms with Crippen LogP contribution in [0.4, 0.5) is 18.9 Å². The summed E-state index contributed by atoms with van der Waals surface area (Å²) in [7, 11) is 0. The summed E-state index contributed by atoms with van der Waals surface area (Å²) >= 11 is 3.12. The van der Waals surface area contributed by atoms with E-state index in [1.807, 2.05) is 19.2 Å². The molecule has 0 saturated heterocycles. The van der Waals surface area contributed by atoms with Crippen LogP contribution < -0.4 is 10.6 Å². The lowest BCUT2D eigenvalue weighted by Gasteiger charge is -2.39. The highest BCUT2D eigenvalue weighted by Crippen LogP contribution is 2.49. The number of allylic oxidation sites excluding steroid dienone is 3. The summed E-state index contributed by atoms with van der Waals surface area (Å²) in [6.45, 7) is 1.96. The van der Waals surface area contributed by atoms with Gasteiger partial charge < -0.3 is 5.73 Å². The van der Waals surface area contributed by atoms with Gasteiger partial charge in [0.1, 0.15) is 5.82 Å². The van der Waals surface area contributed by atoms with Gasteiger partial charge in [-0.05, 0) is 55.9 Å². The number of Topliss-reactive ketones (excluding diaryl/α,β-unsaturated/α-hetero) is 1. The van der Waals surface area contributed by atoms with E-state index in [-0.39, 0.29) is 22.9 Å². The Morgan fingerprint density at radius 3 is 2.69 bits per heavy atom. The highest BCUT2D eigenvalue weighted by molar-refractivity contribution is 8.00. The summed E-state index contributed by atoms with van der Waals surface area (Å²) in [4.78, 5) is 15.7. The molecule has 1 unspecified atom stereocenters. The van der Waals surface area contributed by atoms with Crippen LogP contribution in [0.2, 0.25) is 0 Å². The zero-order valence-corrected chi connectivity index (χ0v) is 19.0. The van der Waals surface area contributed by atoms with Crippen molar-refractivity contribution < 1.29 is 18.0 Å². The number of thiophene rings is 1. The average molecular weight is 476 g/mol. The molecule has 0 bridgehead atoms. The lowest BCUT2D eigenvalue weighted by molar-refractivity contribution is -0.137. The molecule has 2 N–H and O–H groups in total. The molecule has 32 heavy (non-hydrogen) atoms. The number of nitriles is 1. The fraction of sp³-hybridized carbons (Fsp3) is 0.304. The van der Waals surface area contributed by atoms with Crippen molar-refractivity contribution in [2.24, 2.45) is 5.73 Å². The maximum absolute atomic E-state index is 13.4. The predicted molar refractivity (Wildman–Crippen MR) is 120 cm³/mol. The topological polar surface area (TPSA) is 70.1 Å². The number of anilines is 1. The summed E-state index contributed by atoms with van der Waals surface area (Å²) in [6, 6.07) is 8.95. The molecule has 0 fully saturated rings. The maximum Gasteiger partial charge on any atom is 0.416 e. The van der Waals surface area contributed by atoms with Crippen molar-refractivity contribution in [1.82, 2.24) is 0 Å². The molecule has 1 aliphatic carbocycles. The van der Waals surface area contributed by atoms with Crippen molar-refractivity contribution in [3.8, 4) is 6.07 Å². The van der Waals surface area contributed by atoms with Crippen LogP contribution in [0.1, 0.15) is 41.2 Å². The number of hydrogen-bond donors (Lipinski definition) is 1. The van der Waals surface area contributed by atoms with Gasteiger partial charge in [-0.1, -0.05) is 6.07 Å². The van der Waals surface area contributed by atoms with E-state index in [2.05, 4.69) is 6.07 Å². The Labute approximate surface area is 192 Å². The van der Waals surface area contributed by atoms with Gasteiger partial charge in [0, 0.05) is 28.3 Å². The molecule has 1 aromatic carbocycles. The highest BCUT2D eigenvalue weighted by atomic mass is 32.2. The lowest BCUT2D eigenvalue weighted by Crippen LogP contribution is -2.38. The quantitative estimate of drug-likeness (QED) is 0.543. The fourth-order valence-electron chi connectivity index (χ4n) is 4.39. The van der Waals surface area contributed by atoms with Gasteiger partial charge in [0.25, 0.3) is 0 Å². The molecule has 0 amide bonds. The van der Waals surface area contributed by atoms with Crippen molar-refractivity contribution in [2.45, 2.75) is 42.5 Å². The van der Waals surface area contributed by atoms with Crippen molar-refractivity contribution in [3.63, 3.8) is 0 Å². The van der Waals surface area contributed by atoms with Crippen molar-refractivity contribution in [3.05, 3.63) is 69.0 Å². The van der Waals surface area contributed by atoms with E-state index in [0.29, 0.717) is 30.5 Å². The van der Waals surface area contributed by atoms with Crippen LogP contribution in [-0.2, 0) is 11.0 Å². The molecule has 166 valence electrons. The van der Waals surface area contributed by atoms with Gasteiger partial charge in [-0.15, -0.1) is 23.1 Å². The first kappa shape index (κ1) is 22.5. The standard InChI is InChI=1S/C23H20F3N3OS2/c1-12-9-15(22(31-2)32-12)19-16(11-27)21(28)29(17-7-4-8-18(30)20(17)19)14-6-3-5-13(10-14)23(24,25)26/h3,5-6,9-10,19H,4,7-8,28H2,1-2H3. The second kappa shape index (κ2) is 8.34. The minimum absolute atomic E-state index is 0.0705. The van der Waals surface area contributed by atoms with Gasteiger partial charge in [-0.25, -0.2) is 0 Å². The molecule has 2 aliphatic rings. The molecule has 1 aromatic heterocycles. The molecule has 1 aliphatic heterocycles. The molecule has 2 aromatic rings. The molecule has 0 radical (unpaired) electrons. The minimum atomic E-state index is -4.52. The third-order valence-corrected chi connectivity index (χ3v) is 7.91. The lowest BCUT2D eigenvalue weighted by atomic mass is 9.76. The third kappa shape index (κ3) is 3.71. The number of halogens is 3. The van der Waals surface area contributed by atoms with E-state index in [0.717, 1.165) is 26.8 Å². The van der Waals surface area contributed by atoms with Crippen LogP contribution in [0.25, 0.3) is 0 Å². The van der Waals surface area contributed by atoms with Crippen molar-refractivity contribution in [1.29, 1.82) is 5.26 Å². The van der Waals surface area contributed by atoms with Crippen LogP contribution >= 0.6 is 23.1 Å². The molecule has 1 atom stereocenters. The SMILES string of the molecule is CSc1sc(C)cc1C1C(C#N)=C(N)N(c2cccc(C(F)(F)F)c2)C2=C1C(=O)CCC2. The Bertz CT molecular complexity index is 1200. The van der Waals surface area contributed by atoms with Gasteiger partial charge in [0.2, 0.25) is 0 Å². The summed E-state index contributed by atoms with van der Waals surface area (Å²) in [5.41, 5.74) is 7.92. The second-order valence-electron chi connectivity index (χ2n) is 7.67. The monoisotopic (exact) mass is 475 g/mol. The number of carbonyl (C=O) groups is 1. The van der Waals surface area contributed by atoms with Crippen LogP contribution in [0.5, 0.6) is 0 Å². The van der Waals surface area contributed by atoms with Crippen LogP contribution in [0, 0.1) is 18.3 Å². The van der Waals surface area contributed by atoms with Gasteiger partial charge in [0.15, 0.2) is 5.78 Å². The summed E-state index contributed by atoms with van der Waals surface area (Å²) in [5, 5.41) is 10.1. The van der Waals surface area contributed by atoms with E-state index >= 15 is 0 Å². The minimum Gasteiger partial charge on any atom is -0.384 e. The zero-order chi connectivity index (χ0) is 23.2. The maximum atomic E-state index is 13.4. The number of nitrogens with zero attached hydrogens (tertiary/aromatic N) is 2. The number of rotatable bonds is 3. The zero-order valence-electron chi connectivity index (χ0n) is 17.4. The number of aryl methyl sites for hydroxylation is 1. The molecular formula is C23H20F3N3OS2. The molecule has 0 spiro atoms. The van der Waals surface area contributed by atoms with Crippen LogP contribution in [-0.4, -0.2) is 12.0 Å². The average Bonchev–Trinajstić information content (AvgIpc) is 3.13. The Morgan fingerprint density at radius 2 is 2.03 bits per heavy atom. The van der Waals surface area contributed by atoms with E-state index in [9.17, 15) is 23.2 Å². The normalized spacial score (nSPS) is 19.3. The Morgan fingerprint density at radius 1 is 1.28 bits per heavy atom. The largest absolute Gasteiger partial charge is 0.416 e. The van der Waals surface area contributed by atoms with Crippen LogP contribution in [0.15, 0.2) is 57.2 Å².